The summed E-state index contributed by atoms with van der Waals surface area (Å²) in [5.74, 6) is 0. The van der Waals surface area contributed by atoms with E-state index in [1.807, 2.05) is 4.90 Å². The van der Waals surface area contributed by atoms with Crippen molar-refractivity contribution in [3.05, 3.63) is 12.7 Å². The minimum absolute atomic E-state index is 0.468. The maximum atomic E-state index is 5.44. The van der Waals surface area contributed by atoms with Crippen LogP contribution in [0.4, 0.5) is 0 Å². The Kier molecular flexibility index (Phi) is 5.61. The van der Waals surface area contributed by atoms with Gasteiger partial charge in [-0.25, -0.2) is 0 Å². The van der Waals surface area contributed by atoms with Gasteiger partial charge in [-0.3, -0.25) is 4.90 Å². The number of alkyl halides is 2. The lowest BCUT2D eigenvalue weighted by molar-refractivity contribution is 0.413. The molecule has 0 aromatic carbocycles. The van der Waals surface area contributed by atoms with Crippen LogP contribution in [0.1, 0.15) is 0 Å². The van der Waals surface area contributed by atoms with E-state index in [-0.39, 0.29) is 0 Å². The molecule has 0 fully saturated rings. The topological polar surface area (TPSA) is 3.24 Å². The lowest BCUT2D eigenvalue weighted by Gasteiger charge is -2.10. The second kappa shape index (κ2) is 5.42. The molecule has 0 saturated heterocycles. The molecule has 0 spiro atoms. The summed E-state index contributed by atoms with van der Waals surface area (Å²) >= 11 is 10.9. The van der Waals surface area contributed by atoms with Crippen LogP contribution in [0.2, 0.25) is 0 Å². The highest BCUT2D eigenvalue weighted by Gasteiger charge is 1.94. The average molecular weight is 154 g/mol. The summed E-state index contributed by atoms with van der Waals surface area (Å²) in [6.45, 7) is 4.29. The summed E-state index contributed by atoms with van der Waals surface area (Å²) in [7, 11) is 0. The van der Waals surface area contributed by atoms with Gasteiger partial charge in [-0.1, -0.05) is 6.08 Å². The van der Waals surface area contributed by atoms with E-state index in [9.17, 15) is 0 Å². The lowest BCUT2D eigenvalue weighted by Crippen LogP contribution is -2.19. The van der Waals surface area contributed by atoms with Crippen molar-refractivity contribution in [2.45, 2.75) is 0 Å². The SMILES string of the molecule is C=CCN(CCl)CCl. The van der Waals surface area contributed by atoms with Crippen LogP contribution in [0.25, 0.3) is 0 Å². The van der Waals surface area contributed by atoms with Crippen LogP contribution in [0, 0.1) is 0 Å². The van der Waals surface area contributed by atoms with Crippen molar-refractivity contribution in [3.63, 3.8) is 0 Å². The van der Waals surface area contributed by atoms with Crippen molar-refractivity contribution in [3.8, 4) is 0 Å². The third-order valence-corrected chi connectivity index (χ3v) is 1.40. The van der Waals surface area contributed by atoms with Crippen LogP contribution in [0.5, 0.6) is 0 Å². The van der Waals surface area contributed by atoms with Crippen molar-refractivity contribution >= 4 is 23.2 Å². The van der Waals surface area contributed by atoms with Gasteiger partial charge in [0, 0.05) is 6.54 Å². The van der Waals surface area contributed by atoms with Crippen LogP contribution in [0.15, 0.2) is 12.7 Å². The lowest BCUT2D eigenvalue weighted by atomic mass is 10.6. The molecular formula is C5H9Cl2N. The third kappa shape index (κ3) is 3.30. The quantitative estimate of drug-likeness (QED) is 0.339. The van der Waals surface area contributed by atoms with Crippen LogP contribution in [-0.2, 0) is 0 Å². The predicted molar refractivity (Wildman–Crippen MR) is 38.3 cm³/mol. The number of hydrogen-bond acceptors (Lipinski definition) is 1. The summed E-state index contributed by atoms with van der Waals surface area (Å²) in [5, 5.41) is 0. The van der Waals surface area contributed by atoms with E-state index >= 15 is 0 Å². The highest BCUT2D eigenvalue weighted by molar-refractivity contribution is 6.19. The Bertz CT molecular complexity index is 61.4. The molecule has 0 aliphatic carbocycles. The molecule has 0 amide bonds. The smallest absolute Gasteiger partial charge is 0.0750 e. The predicted octanol–water partition coefficient (Wildman–Crippen LogP) is 1.87. The number of nitrogens with zero attached hydrogens (tertiary/aromatic N) is 1. The fraction of sp³-hybridized carbons (Fsp3) is 0.600. The minimum Gasteiger partial charge on any atom is -0.272 e. The fourth-order valence-electron chi connectivity index (χ4n) is 0.312. The summed E-state index contributed by atoms with van der Waals surface area (Å²) in [6, 6.07) is 0.936. The van der Waals surface area contributed by atoms with E-state index in [0.717, 1.165) is 6.54 Å². The monoisotopic (exact) mass is 153 g/mol. The minimum atomic E-state index is 0.468. The van der Waals surface area contributed by atoms with Crippen molar-refractivity contribution in [2.75, 3.05) is 18.6 Å². The average Bonchev–Trinajstić information content (AvgIpc) is 1.83. The summed E-state index contributed by atoms with van der Waals surface area (Å²) in [4.78, 5) is 1.84. The van der Waals surface area contributed by atoms with Gasteiger partial charge in [-0.15, -0.1) is 29.8 Å². The van der Waals surface area contributed by atoms with Crippen molar-refractivity contribution in [1.29, 1.82) is 0 Å². The Morgan fingerprint density at radius 2 is 1.88 bits per heavy atom. The summed E-state index contributed by atoms with van der Waals surface area (Å²) in [5.41, 5.74) is 0. The molecule has 0 unspecified atom stereocenters. The molecule has 1 nitrogen and oxygen atoms in total. The highest BCUT2D eigenvalue weighted by atomic mass is 35.5. The van der Waals surface area contributed by atoms with Gasteiger partial charge in [-0.05, 0) is 0 Å². The molecule has 8 heavy (non-hydrogen) atoms. The molecule has 3 heteroatoms. The molecule has 0 bridgehead atoms. The first-order valence-electron chi connectivity index (χ1n) is 2.30. The Labute approximate surface area is 59.9 Å². The molecule has 0 saturated carbocycles. The van der Waals surface area contributed by atoms with Crippen molar-refractivity contribution in [1.82, 2.24) is 4.90 Å². The molecule has 0 heterocycles. The first kappa shape index (κ1) is 8.28. The van der Waals surface area contributed by atoms with Gasteiger partial charge < -0.3 is 0 Å². The van der Waals surface area contributed by atoms with E-state index < -0.39 is 0 Å². The largest absolute Gasteiger partial charge is 0.272 e. The summed E-state index contributed by atoms with van der Waals surface area (Å²) in [6.07, 6.45) is 1.77. The molecular weight excluding hydrogens is 145 g/mol. The molecule has 0 aromatic rings. The molecule has 0 aliphatic rings. The first-order valence-corrected chi connectivity index (χ1v) is 3.37. The van der Waals surface area contributed by atoms with Gasteiger partial charge in [0.2, 0.25) is 0 Å². The Morgan fingerprint density at radius 1 is 1.38 bits per heavy atom. The number of hydrogen-bond donors (Lipinski definition) is 0. The van der Waals surface area contributed by atoms with Gasteiger partial charge in [0.1, 0.15) is 0 Å². The van der Waals surface area contributed by atoms with Crippen LogP contribution in [0.3, 0.4) is 0 Å². The summed E-state index contributed by atoms with van der Waals surface area (Å²) < 4.78 is 0. The van der Waals surface area contributed by atoms with Crippen LogP contribution < -0.4 is 0 Å². The maximum absolute atomic E-state index is 5.44. The molecule has 0 atom stereocenters. The molecule has 0 N–H and O–H groups in total. The fourth-order valence-corrected chi connectivity index (χ4v) is 0.763. The Balaban J connectivity index is 3.20. The second-order valence-electron chi connectivity index (χ2n) is 1.38. The molecule has 0 rings (SSSR count). The number of rotatable bonds is 4. The van der Waals surface area contributed by atoms with Crippen molar-refractivity contribution in [2.24, 2.45) is 0 Å². The zero-order chi connectivity index (χ0) is 6.41. The zero-order valence-electron chi connectivity index (χ0n) is 4.61. The van der Waals surface area contributed by atoms with E-state index in [4.69, 9.17) is 23.2 Å². The van der Waals surface area contributed by atoms with Crippen LogP contribution in [-0.4, -0.2) is 23.5 Å². The van der Waals surface area contributed by atoms with Crippen LogP contribution >= 0.6 is 23.2 Å². The first-order chi connectivity index (χ1) is 3.85. The Hall–Kier alpha value is 0.280. The van der Waals surface area contributed by atoms with E-state index in [1.165, 1.54) is 0 Å². The van der Waals surface area contributed by atoms with Gasteiger partial charge in [0.25, 0.3) is 0 Å². The number of halogens is 2. The highest BCUT2D eigenvalue weighted by Crippen LogP contribution is 1.92. The second-order valence-corrected chi connectivity index (χ2v) is 1.86. The van der Waals surface area contributed by atoms with Gasteiger partial charge in [0.05, 0.1) is 12.0 Å². The normalized spacial score (nSPS) is 9.88. The zero-order valence-corrected chi connectivity index (χ0v) is 6.12. The van der Waals surface area contributed by atoms with E-state index in [1.54, 1.807) is 6.08 Å². The molecule has 0 radical (unpaired) electrons. The standard InChI is InChI=1S/C5H9Cl2N/c1-2-3-8(4-6)5-7/h2H,1,3-5H2. The van der Waals surface area contributed by atoms with E-state index in [2.05, 4.69) is 6.58 Å². The van der Waals surface area contributed by atoms with E-state index in [0.29, 0.717) is 12.0 Å². The van der Waals surface area contributed by atoms with Gasteiger partial charge >= 0.3 is 0 Å². The molecule has 0 aliphatic heterocycles. The maximum Gasteiger partial charge on any atom is 0.0750 e. The van der Waals surface area contributed by atoms with Gasteiger partial charge in [-0.2, -0.15) is 0 Å². The third-order valence-electron chi connectivity index (χ3n) is 0.725. The molecule has 0 aromatic heterocycles. The van der Waals surface area contributed by atoms with Crippen molar-refractivity contribution < 1.29 is 0 Å². The molecule has 48 valence electrons. The van der Waals surface area contributed by atoms with Gasteiger partial charge in [0.15, 0.2) is 0 Å². The Morgan fingerprint density at radius 3 is 2.00 bits per heavy atom.